The van der Waals surface area contributed by atoms with Gasteiger partial charge in [0.05, 0.1) is 17.8 Å². The highest BCUT2D eigenvalue weighted by Crippen LogP contribution is 2.43. The van der Waals surface area contributed by atoms with E-state index in [0.29, 0.717) is 35.7 Å². The van der Waals surface area contributed by atoms with Crippen LogP contribution in [0.25, 0.3) is 21.7 Å². The predicted octanol–water partition coefficient (Wildman–Crippen LogP) is 5.71. The fraction of sp³-hybridized carbons (Fsp3) is 0.167. The Kier molecular flexibility index (Phi) is 5.12. The molecule has 4 heterocycles. The van der Waals surface area contributed by atoms with Crippen molar-refractivity contribution in [3.8, 4) is 21.7 Å². The SMILES string of the molecule is Cc1ccc(-c2c3c(n(Cc4ccc(Cl)cc4F)c2-c2ccncc2)CCNC3=O)s1. The van der Waals surface area contributed by atoms with Gasteiger partial charge >= 0.3 is 0 Å². The summed E-state index contributed by atoms with van der Waals surface area (Å²) < 4.78 is 16.8. The number of rotatable bonds is 4. The summed E-state index contributed by atoms with van der Waals surface area (Å²) in [6.07, 6.45) is 4.15. The lowest BCUT2D eigenvalue weighted by Gasteiger charge is -2.18. The zero-order valence-electron chi connectivity index (χ0n) is 16.8. The van der Waals surface area contributed by atoms with E-state index in [1.807, 2.05) is 19.1 Å². The highest BCUT2D eigenvalue weighted by atomic mass is 35.5. The van der Waals surface area contributed by atoms with Crippen molar-refractivity contribution < 1.29 is 9.18 Å². The van der Waals surface area contributed by atoms with Crippen LogP contribution in [0.15, 0.2) is 54.9 Å². The van der Waals surface area contributed by atoms with E-state index in [1.54, 1.807) is 35.9 Å². The van der Waals surface area contributed by atoms with Gasteiger partial charge in [-0.2, -0.15) is 0 Å². The highest BCUT2D eigenvalue weighted by molar-refractivity contribution is 7.15. The van der Waals surface area contributed by atoms with Crippen molar-refractivity contribution in [1.29, 1.82) is 0 Å². The standard InChI is InChI=1S/C24H19ClFN3OS/c1-14-2-5-20(31-14)22-21-19(8-11-28-24(21)30)29(23(22)15-6-9-27-10-7-15)13-16-3-4-17(25)12-18(16)26/h2-7,9-10,12H,8,11,13H2,1H3,(H,28,30). The Morgan fingerprint density at radius 1 is 1.16 bits per heavy atom. The lowest BCUT2D eigenvalue weighted by atomic mass is 10.00. The number of aromatic nitrogens is 2. The van der Waals surface area contributed by atoms with Crippen LogP contribution in [0.1, 0.15) is 26.5 Å². The number of aryl methyl sites for hydroxylation is 1. The molecule has 4 nitrogen and oxygen atoms in total. The number of nitrogens with one attached hydrogen (secondary N) is 1. The molecule has 4 aromatic rings. The summed E-state index contributed by atoms with van der Waals surface area (Å²) in [6.45, 7) is 2.91. The number of pyridine rings is 1. The molecule has 31 heavy (non-hydrogen) atoms. The highest BCUT2D eigenvalue weighted by Gasteiger charge is 2.32. The second-order valence-electron chi connectivity index (χ2n) is 7.52. The Balaban J connectivity index is 1.81. The quantitative estimate of drug-likeness (QED) is 0.431. The molecule has 1 N–H and O–H groups in total. The number of thiophene rings is 1. The molecule has 0 unspecified atom stereocenters. The van der Waals surface area contributed by atoms with Crippen LogP contribution in [-0.2, 0) is 13.0 Å². The minimum atomic E-state index is -0.357. The fourth-order valence-electron chi connectivity index (χ4n) is 4.17. The van der Waals surface area contributed by atoms with Crippen LogP contribution in [0, 0.1) is 12.7 Å². The molecule has 0 radical (unpaired) electrons. The third-order valence-corrected chi connectivity index (χ3v) is 6.78. The molecule has 0 bridgehead atoms. The van der Waals surface area contributed by atoms with Gasteiger partial charge in [0.15, 0.2) is 0 Å². The van der Waals surface area contributed by atoms with Crippen molar-refractivity contribution in [2.24, 2.45) is 0 Å². The van der Waals surface area contributed by atoms with Crippen molar-refractivity contribution in [3.05, 3.63) is 87.4 Å². The van der Waals surface area contributed by atoms with Gasteiger partial charge in [-0.25, -0.2) is 4.39 Å². The van der Waals surface area contributed by atoms with E-state index in [1.165, 1.54) is 6.07 Å². The van der Waals surface area contributed by atoms with Crippen LogP contribution >= 0.6 is 22.9 Å². The molecule has 0 atom stereocenters. The summed E-state index contributed by atoms with van der Waals surface area (Å²) in [7, 11) is 0. The number of hydrogen-bond acceptors (Lipinski definition) is 3. The Hall–Kier alpha value is -2.96. The van der Waals surface area contributed by atoms with Gasteiger partial charge in [-0.15, -0.1) is 11.3 Å². The van der Waals surface area contributed by atoms with Crippen LogP contribution in [0.2, 0.25) is 5.02 Å². The Morgan fingerprint density at radius 2 is 1.97 bits per heavy atom. The molecular formula is C24H19ClFN3OS. The minimum Gasteiger partial charge on any atom is -0.352 e. The van der Waals surface area contributed by atoms with Crippen molar-refractivity contribution in [3.63, 3.8) is 0 Å². The molecule has 0 saturated heterocycles. The maximum absolute atomic E-state index is 14.7. The monoisotopic (exact) mass is 451 g/mol. The molecule has 1 aliphatic rings. The molecule has 156 valence electrons. The first-order valence-electron chi connectivity index (χ1n) is 9.97. The zero-order chi connectivity index (χ0) is 21.5. The van der Waals surface area contributed by atoms with Crippen molar-refractivity contribution in [1.82, 2.24) is 14.9 Å². The Bertz CT molecular complexity index is 1300. The normalized spacial score (nSPS) is 13.2. The smallest absolute Gasteiger partial charge is 0.253 e. The van der Waals surface area contributed by atoms with Gasteiger partial charge in [-0.3, -0.25) is 9.78 Å². The Labute approximate surface area is 188 Å². The third-order valence-electron chi connectivity index (χ3n) is 5.53. The number of halogens is 2. The number of benzene rings is 1. The first kappa shape index (κ1) is 20.0. The lowest BCUT2D eigenvalue weighted by Crippen LogP contribution is -2.32. The van der Waals surface area contributed by atoms with Crippen molar-refractivity contribution in [2.75, 3.05) is 6.54 Å². The maximum atomic E-state index is 14.7. The molecular weight excluding hydrogens is 433 g/mol. The second-order valence-corrected chi connectivity index (χ2v) is 9.24. The van der Waals surface area contributed by atoms with Gasteiger partial charge < -0.3 is 9.88 Å². The van der Waals surface area contributed by atoms with Crippen molar-refractivity contribution in [2.45, 2.75) is 19.9 Å². The molecule has 0 spiro atoms. The summed E-state index contributed by atoms with van der Waals surface area (Å²) >= 11 is 7.61. The lowest BCUT2D eigenvalue weighted by molar-refractivity contribution is 0.0946. The molecule has 1 aromatic carbocycles. The molecule has 1 amide bonds. The van der Waals surface area contributed by atoms with E-state index in [2.05, 4.69) is 27.0 Å². The van der Waals surface area contributed by atoms with Gasteiger partial charge in [-0.1, -0.05) is 17.7 Å². The topological polar surface area (TPSA) is 46.9 Å². The second kappa shape index (κ2) is 7.94. The number of nitrogens with zero attached hydrogens (tertiary/aromatic N) is 2. The molecule has 3 aromatic heterocycles. The third kappa shape index (κ3) is 3.56. The summed E-state index contributed by atoms with van der Waals surface area (Å²) in [5, 5.41) is 3.34. The van der Waals surface area contributed by atoms with Crippen LogP contribution in [-0.4, -0.2) is 22.0 Å². The Morgan fingerprint density at radius 3 is 2.68 bits per heavy atom. The van der Waals surface area contributed by atoms with E-state index in [-0.39, 0.29) is 11.7 Å². The van der Waals surface area contributed by atoms with Crippen LogP contribution in [0.4, 0.5) is 4.39 Å². The van der Waals surface area contributed by atoms with E-state index >= 15 is 0 Å². The maximum Gasteiger partial charge on any atom is 0.253 e. The number of carbonyl (C=O) groups excluding carboxylic acids is 1. The van der Waals surface area contributed by atoms with E-state index in [4.69, 9.17) is 11.6 Å². The van der Waals surface area contributed by atoms with E-state index < -0.39 is 0 Å². The van der Waals surface area contributed by atoms with E-state index in [9.17, 15) is 9.18 Å². The number of carbonyl (C=O) groups is 1. The molecule has 0 aliphatic carbocycles. The number of amides is 1. The van der Waals surface area contributed by atoms with Crippen LogP contribution < -0.4 is 5.32 Å². The largest absolute Gasteiger partial charge is 0.352 e. The molecule has 0 fully saturated rings. The molecule has 0 saturated carbocycles. The van der Waals surface area contributed by atoms with E-state index in [0.717, 1.165) is 32.3 Å². The zero-order valence-corrected chi connectivity index (χ0v) is 18.4. The molecule has 5 rings (SSSR count). The molecule has 1 aliphatic heterocycles. The van der Waals surface area contributed by atoms with Gasteiger partial charge in [0, 0.05) is 62.5 Å². The minimum absolute atomic E-state index is 0.0899. The first-order chi connectivity index (χ1) is 15.0. The first-order valence-corrected chi connectivity index (χ1v) is 11.2. The summed E-state index contributed by atoms with van der Waals surface area (Å²) in [5.41, 5.74) is 4.86. The fourth-order valence-corrected chi connectivity index (χ4v) is 5.25. The van der Waals surface area contributed by atoms with Crippen molar-refractivity contribution >= 4 is 28.8 Å². The van der Waals surface area contributed by atoms with Gasteiger partial charge in [0.25, 0.3) is 5.91 Å². The summed E-state index contributed by atoms with van der Waals surface area (Å²) in [4.78, 5) is 19.4. The number of hydrogen-bond donors (Lipinski definition) is 1. The predicted molar refractivity (Wildman–Crippen MR) is 122 cm³/mol. The summed E-state index contributed by atoms with van der Waals surface area (Å²) in [5.74, 6) is -0.447. The van der Waals surface area contributed by atoms with Crippen LogP contribution in [0.5, 0.6) is 0 Å². The summed E-state index contributed by atoms with van der Waals surface area (Å²) in [6, 6.07) is 12.7. The van der Waals surface area contributed by atoms with Crippen LogP contribution in [0.3, 0.4) is 0 Å². The van der Waals surface area contributed by atoms with Gasteiger partial charge in [0.1, 0.15) is 5.82 Å². The van der Waals surface area contributed by atoms with Gasteiger partial charge in [-0.05, 0) is 43.3 Å². The average Bonchev–Trinajstić information content (AvgIpc) is 3.33. The van der Waals surface area contributed by atoms with Gasteiger partial charge in [0.2, 0.25) is 0 Å². The average molecular weight is 452 g/mol. The molecule has 7 heteroatoms. The number of fused-ring (bicyclic) bond motifs is 1.